The molecular weight excluding hydrogens is 522 g/mol. The molecule has 0 radical (unpaired) electrons. The Balaban J connectivity index is 1.11. The van der Waals surface area contributed by atoms with E-state index in [1.807, 2.05) is 0 Å². The fourth-order valence-electron chi connectivity index (χ4n) is 4.05. The smallest absolute Gasteiger partial charge is 0.421 e. The molecule has 5 N–H and O–H groups in total. The summed E-state index contributed by atoms with van der Waals surface area (Å²) in [5, 5.41) is 10.9. The maximum atomic E-state index is 12.5. The highest BCUT2D eigenvalue weighted by Gasteiger charge is 2.37. The summed E-state index contributed by atoms with van der Waals surface area (Å²) in [4.78, 5) is 40.7. The van der Waals surface area contributed by atoms with E-state index in [2.05, 4.69) is 24.7 Å². The number of para-hydroxylation sites is 1. The lowest BCUT2D eigenvalue weighted by Crippen LogP contribution is -2.43. The Hall–Kier alpha value is -4.19. The number of ether oxygens (including phenoxy) is 2. The molecule has 1 amide bonds. The van der Waals surface area contributed by atoms with Gasteiger partial charge in [0.25, 0.3) is 5.56 Å². The molecule has 16 nitrogen and oxygen atoms in total. The van der Waals surface area contributed by atoms with Crippen molar-refractivity contribution in [3.63, 3.8) is 0 Å². The number of nitrogens with two attached hydrogens (primary N) is 1. The van der Waals surface area contributed by atoms with Crippen LogP contribution in [0.4, 0.5) is 10.6 Å². The van der Waals surface area contributed by atoms with E-state index in [1.165, 1.54) is 28.1 Å². The maximum Gasteiger partial charge on any atom is 0.421 e. The summed E-state index contributed by atoms with van der Waals surface area (Å²) < 4.78 is 41.9. The molecular formula is C21H23N9O7S. The number of aliphatic hydroxyl groups is 1. The topological polar surface area (TPSA) is 218 Å². The van der Waals surface area contributed by atoms with Crippen molar-refractivity contribution >= 4 is 44.2 Å². The largest absolute Gasteiger partial charge is 0.447 e. The second-order valence-electron chi connectivity index (χ2n) is 8.38. The van der Waals surface area contributed by atoms with Gasteiger partial charge in [-0.05, 0) is 12.1 Å². The molecule has 200 valence electrons. The Morgan fingerprint density at radius 2 is 2.03 bits per heavy atom. The third kappa shape index (κ3) is 5.25. The normalized spacial score (nSPS) is 19.7. The monoisotopic (exact) mass is 545 g/mol. The second-order valence-corrected chi connectivity index (χ2v) is 9.88. The molecule has 1 saturated heterocycles. The highest BCUT2D eigenvalue weighted by atomic mass is 32.2. The summed E-state index contributed by atoms with van der Waals surface area (Å²) in [6, 6.07) is 6.79. The average Bonchev–Trinajstić information content (AvgIpc) is 3.48. The van der Waals surface area contributed by atoms with Crippen LogP contribution in [0.15, 0.2) is 48.0 Å². The molecule has 5 rings (SSSR count). The van der Waals surface area contributed by atoms with Crippen molar-refractivity contribution in [2.75, 3.05) is 18.9 Å². The number of nitrogens with zero attached hydrogens (tertiary/aromatic N) is 6. The van der Waals surface area contributed by atoms with Crippen LogP contribution >= 0.6 is 0 Å². The molecule has 17 heteroatoms. The van der Waals surface area contributed by atoms with E-state index in [-0.39, 0.29) is 37.5 Å². The molecule has 1 aliphatic heterocycles. The summed E-state index contributed by atoms with van der Waals surface area (Å²) in [5.41, 5.74) is 6.70. The summed E-state index contributed by atoms with van der Waals surface area (Å²) in [5.74, 6) is 0.171. The van der Waals surface area contributed by atoms with Crippen LogP contribution in [0.2, 0.25) is 0 Å². The zero-order valence-electron chi connectivity index (χ0n) is 19.7. The SMILES string of the molecule is Nc1ncnc2c1ncn2[C@@H]1O[C@H](CNS(=O)(=O)NC(=O)OCCn2cnc3ccccc3c2=O)C[C@H]1O. The van der Waals surface area contributed by atoms with Gasteiger partial charge in [-0.2, -0.15) is 13.1 Å². The van der Waals surface area contributed by atoms with Gasteiger partial charge in [0.1, 0.15) is 24.6 Å². The van der Waals surface area contributed by atoms with Crippen molar-refractivity contribution in [1.29, 1.82) is 0 Å². The number of aromatic nitrogens is 6. The first-order valence-electron chi connectivity index (χ1n) is 11.4. The van der Waals surface area contributed by atoms with Crippen LogP contribution in [0, 0.1) is 0 Å². The Labute approximate surface area is 214 Å². The molecule has 4 heterocycles. The number of carbonyl (C=O) groups excluding carboxylic acids is 1. The number of hydrogen-bond acceptors (Lipinski definition) is 12. The molecule has 1 aromatic carbocycles. The lowest BCUT2D eigenvalue weighted by molar-refractivity contribution is -0.0330. The van der Waals surface area contributed by atoms with Gasteiger partial charge in [0.15, 0.2) is 17.7 Å². The zero-order valence-corrected chi connectivity index (χ0v) is 20.5. The van der Waals surface area contributed by atoms with E-state index in [4.69, 9.17) is 15.2 Å². The Bertz CT molecular complexity index is 1660. The first kappa shape index (κ1) is 25.5. The molecule has 1 aliphatic rings. The van der Waals surface area contributed by atoms with Gasteiger partial charge < -0.3 is 20.3 Å². The van der Waals surface area contributed by atoms with Crippen LogP contribution in [-0.2, 0) is 26.2 Å². The lowest BCUT2D eigenvalue weighted by atomic mass is 10.2. The number of rotatable bonds is 8. The van der Waals surface area contributed by atoms with Crippen LogP contribution < -0.4 is 20.7 Å². The van der Waals surface area contributed by atoms with Crippen LogP contribution in [0.5, 0.6) is 0 Å². The van der Waals surface area contributed by atoms with Gasteiger partial charge in [0.2, 0.25) is 0 Å². The molecule has 0 unspecified atom stereocenters. The van der Waals surface area contributed by atoms with Crippen molar-refractivity contribution in [3.8, 4) is 0 Å². The van der Waals surface area contributed by atoms with E-state index >= 15 is 0 Å². The van der Waals surface area contributed by atoms with Crippen molar-refractivity contribution in [2.45, 2.75) is 31.4 Å². The second kappa shape index (κ2) is 10.3. The number of amides is 1. The standard InChI is InChI=1S/C21H23N9O7S/c22-17-16-18(24-9-23-17)30(11-26-16)20-15(31)7-12(37-20)8-27-38(34,35)28-21(33)36-6-5-29-10-25-14-4-2-1-3-13(14)19(29)32/h1-4,9-12,15,20,27,31H,5-8H2,(H,28,33)(H2,22,23,24)/t12-,15+,20+/m0/s1. The first-order chi connectivity index (χ1) is 18.2. The number of nitrogen functional groups attached to an aromatic ring is 1. The van der Waals surface area contributed by atoms with Crippen molar-refractivity contribution < 1.29 is 27.8 Å². The highest BCUT2D eigenvalue weighted by Crippen LogP contribution is 2.31. The van der Waals surface area contributed by atoms with E-state index in [1.54, 1.807) is 29.0 Å². The minimum Gasteiger partial charge on any atom is -0.447 e. The highest BCUT2D eigenvalue weighted by molar-refractivity contribution is 7.88. The third-order valence-corrected chi connectivity index (χ3v) is 6.82. The minimum atomic E-state index is -4.30. The van der Waals surface area contributed by atoms with E-state index in [0.717, 1.165) is 0 Å². The number of imidazole rings is 1. The van der Waals surface area contributed by atoms with Gasteiger partial charge in [-0.3, -0.25) is 13.9 Å². The third-order valence-electron chi connectivity index (χ3n) is 5.84. The molecule has 0 aliphatic carbocycles. The number of fused-ring (bicyclic) bond motifs is 2. The lowest BCUT2D eigenvalue weighted by Gasteiger charge is -2.17. The fraction of sp³-hybridized carbons (Fsp3) is 0.333. The maximum absolute atomic E-state index is 12.5. The number of aliphatic hydroxyl groups excluding tert-OH is 1. The van der Waals surface area contributed by atoms with Gasteiger partial charge in [0.05, 0.1) is 36.2 Å². The minimum absolute atomic E-state index is 0.0216. The number of benzene rings is 1. The van der Waals surface area contributed by atoms with Crippen molar-refractivity contribution in [1.82, 2.24) is 38.5 Å². The van der Waals surface area contributed by atoms with E-state index < -0.39 is 34.7 Å². The van der Waals surface area contributed by atoms with E-state index in [0.29, 0.717) is 22.1 Å². The summed E-state index contributed by atoms with van der Waals surface area (Å²) in [6.45, 7) is -0.530. The fourth-order valence-corrected chi connectivity index (χ4v) is 4.80. The Morgan fingerprint density at radius 1 is 1.21 bits per heavy atom. The molecule has 4 aromatic rings. The molecule has 0 spiro atoms. The Morgan fingerprint density at radius 3 is 2.87 bits per heavy atom. The van der Waals surface area contributed by atoms with E-state index in [9.17, 15) is 23.1 Å². The molecule has 38 heavy (non-hydrogen) atoms. The number of anilines is 1. The van der Waals surface area contributed by atoms with Crippen LogP contribution in [0.3, 0.4) is 0 Å². The predicted octanol–water partition coefficient (Wildman–Crippen LogP) is -0.972. The number of nitrogens with one attached hydrogen (secondary N) is 2. The first-order valence-corrected chi connectivity index (χ1v) is 12.8. The zero-order chi connectivity index (χ0) is 26.9. The van der Waals surface area contributed by atoms with Crippen molar-refractivity contribution in [2.24, 2.45) is 0 Å². The number of hydrogen-bond donors (Lipinski definition) is 4. The number of carbonyl (C=O) groups is 1. The van der Waals surface area contributed by atoms with Gasteiger partial charge in [-0.15, -0.1) is 0 Å². The summed E-state index contributed by atoms with van der Waals surface area (Å²) >= 11 is 0. The predicted molar refractivity (Wildman–Crippen MR) is 132 cm³/mol. The quantitative estimate of drug-likeness (QED) is 0.210. The molecule has 3 aromatic heterocycles. The molecule has 3 atom stereocenters. The Kier molecular flexibility index (Phi) is 6.89. The molecule has 1 fully saturated rings. The summed E-state index contributed by atoms with van der Waals surface area (Å²) in [7, 11) is -4.30. The molecule has 0 saturated carbocycles. The molecule has 0 bridgehead atoms. The van der Waals surface area contributed by atoms with Crippen molar-refractivity contribution in [3.05, 3.63) is 53.6 Å². The van der Waals surface area contributed by atoms with Gasteiger partial charge in [-0.1, -0.05) is 12.1 Å². The van der Waals surface area contributed by atoms with Crippen LogP contribution in [0.25, 0.3) is 22.1 Å². The average molecular weight is 546 g/mol. The van der Waals surface area contributed by atoms with Crippen LogP contribution in [-0.4, -0.2) is 74.0 Å². The van der Waals surface area contributed by atoms with Gasteiger partial charge >= 0.3 is 16.3 Å². The van der Waals surface area contributed by atoms with Crippen LogP contribution in [0.1, 0.15) is 12.6 Å². The summed E-state index contributed by atoms with van der Waals surface area (Å²) in [6.07, 6.45) is 0.270. The van der Waals surface area contributed by atoms with Gasteiger partial charge in [-0.25, -0.2) is 29.5 Å². The van der Waals surface area contributed by atoms with Gasteiger partial charge in [0, 0.05) is 13.0 Å².